The second-order valence-electron chi connectivity index (χ2n) is 1.28. The van der Waals surface area contributed by atoms with Gasteiger partial charge in [-0.05, 0) is 0 Å². The largest absolute Gasteiger partial charge is 0.855 e. The van der Waals surface area contributed by atoms with Gasteiger partial charge in [0, 0.05) is 6.26 Å². The first-order valence-corrected chi connectivity index (χ1v) is 4.72. The fourth-order valence-electron chi connectivity index (χ4n) is 0. The molecule has 0 radical (unpaired) electrons. The van der Waals surface area contributed by atoms with Crippen LogP contribution in [-0.2, 0) is 10.1 Å². The van der Waals surface area contributed by atoms with Crippen LogP contribution < -0.4 is 28.7 Å². The zero-order chi connectivity index (χ0) is 9.91. The van der Waals surface area contributed by atoms with Crippen molar-refractivity contribution in [3.05, 3.63) is 0 Å². The van der Waals surface area contributed by atoms with E-state index in [1.54, 1.807) is 13.8 Å². The molecule has 96 valence electrons. The van der Waals surface area contributed by atoms with E-state index in [0.717, 1.165) is 0 Å². The summed E-state index contributed by atoms with van der Waals surface area (Å²) in [6.07, 6.45) is 0.604. The van der Waals surface area contributed by atoms with Crippen molar-refractivity contribution in [1.29, 1.82) is 0 Å². The summed E-state index contributed by atoms with van der Waals surface area (Å²) < 4.78 is 27.2. The Kier molecular flexibility index (Phi) is 78.0. The van der Waals surface area contributed by atoms with E-state index in [9.17, 15) is 0 Å². The zero-order valence-corrected chi connectivity index (χ0v) is 10.7. The zero-order valence-electron chi connectivity index (χ0n) is 9.86. The molecule has 0 heterocycles. The molecule has 0 unspecified atom stereocenters. The van der Waals surface area contributed by atoms with Gasteiger partial charge in [-0.25, -0.2) is 8.42 Å². The molecule has 0 bridgehead atoms. The molecule has 0 atom stereocenters. The average Bonchev–Trinajstić information content (AvgIpc) is 1.62. The molecule has 0 aromatic carbocycles. The van der Waals surface area contributed by atoms with Gasteiger partial charge in [0.15, 0.2) is 0 Å². The smallest absolute Gasteiger partial charge is 0.0916 e. The van der Waals surface area contributed by atoms with E-state index in [2.05, 4.69) is 0 Å². The lowest BCUT2D eigenvalue weighted by molar-refractivity contribution is -0.362. The van der Waals surface area contributed by atoms with Gasteiger partial charge in [-0.15, -0.1) is 13.2 Å². The Morgan fingerprint density at radius 2 is 0.929 bits per heavy atom. The van der Waals surface area contributed by atoms with E-state index in [0.29, 0.717) is 6.26 Å². The summed E-state index contributed by atoms with van der Waals surface area (Å²) in [5, 5.41) is 17.9. The maximum Gasteiger partial charge on any atom is 0.0916 e. The van der Waals surface area contributed by atoms with Crippen molar-refractivity contribution in [2.24, 2.45) is 0 Å². The third-order valence-electron chi connectivity index (χ3n) is 0. The lowest BCUT2D eigenvalue weighted by Crippen LogP contribution is -1.97. The maximum atomic E-state index is 9.08. The number of rotatable bonds is 0. The predicted molar refractivity (Wildman–Crippen MR) is 54.7 cm³/mol. The van der Waals surface area contributed by atoms with Crippen molar-refractivity contribution in [2.75, 3.05) is 19.5 Å². The van der Waals surface area contributed by atoms with E-state index in [-0.39, 0.29) is 31.7 Å². The van der Waals surface area contributed by atoms with Crippen LogP contribution in [0, 0.1) is 0 Å². The Balaban J connectivity index is -0.0000000162. The molecule has 0 aliphatic rings. The molecule has 0 saturated heterocycles. The highest BCUT2D eigenvalue weighted by Gasteiger charge is 1.65. The van der Waals surface area contributed by atoms with Crippen molar-refractivity contribution in [1.82, 2.24) is 18.5 Å². The molecular formula is C5H25N3O5S. The Bertz CT molecular complexity index is 128. The average molecular weight is 239 g/mol. The molecule has 8 nitrogen and oxygen atoms in total. The van der Waals surface area contributed by atoms with Gasteiger partial charge in [-0.1, -0.05) is 13.8 Å². The molecule has 9 heteroatoms. The third-order valence-corrected chi connectivity index (χ3v) is 0. The van der Waals surface area contributed by atoms with Crippen LogP contribution in [0.4, 0.5) is 0 Å². The summed E-state index contributed by atoms with van der Waals surface area (Å²) in [5.41, 5.74) is 0. The Morgan fingerprint density at radius 3 is 0.929 bits per heavy atom. The molecule has 0 spiro atoms. The van der Waals surface area contributed by atoms with Crippen LogP contribution >= 0.6 is 0 Å². The van der Waals surface area contributed by atoms with Crippen LogP contribution in [-0.4, -0.2) is 32.4 Å². The molecule has 0 aromatic rings. The van der Waals surface area contributed by atoms with Gasteiger partial charge in [-0.3, -0.25) is 0 Å². The van der Waals surface area contributed by atoms with Gasteiger partial charge in [0.25, 0.3) is 0 Å². The van der Waals surface area contributed by atoms with E-state index in [1.165, 1.54) is 0 Å². The van der Waals surface area contributed by atoms with Gasteiger partial charge in [-0.2, -0.15) is 0 Å². The highest BCUT2D eigenvalue weighted by Crippen LogP contribution is 1.59. The number of hydrogen-bond acceptors (Lipinski definition) is 5. The monoisotopic (exact) mass is 239 g/mol. The second kappa shape index (κ2) is 29.3. The SMILES string of the molecule is CC[O-].CC[O-].CS(=O)(=O)[O-].[NH4+].[NH4+].[NH4+]. The fraction of sp³-hybridized carbons (Fsp3) is 1.00. The van der Waals surface area contributed by atoms with Crippen molar-refractivity contribution in [3.63, 3.8) is 0 Å². The standard InChI is InChI=1S/2C2H5O.CH4O3S.3H3N/c2*1-2-3;1-5(2,3)4;;;/h2*2H2,1H3;1H3,(H,2,3,4);3*1H3/q2*-1;;;;/p+2. The van der Waals surface area contributed by atoms with Gasteiger partial charge < -0.3 is 33.2 Å². The minimum Gasteiger partial charge on any atom is -0.855 e. The fourth-order valence-corrected chi connectivity index (χ4v) is 0. The first-order valence-electron chi connectivity index (χ1n) is 2.90. The molecule has 12 N–H and O–H groups in total. The summed E-state index contributed by atoms with van der Waals surface area (Å²) in [6.45, 7) is 3.14. The van der Waals surface area contributed by atoms with Gasteiger partial charge >= 0.3 is 0 Å². The van der Waals surface area contributed by atoms with E-state index in [1.807, 2.05) is 0 Å². The molecular weight excluding hydrogens is 214 g/mol. The van der Waals surface area contributed by atoms with E-state index in [4.69, 9.17) is 23.2 Å². The van der Waals surface area contributed by atoms with Crippen LogP contribution in [0.25, 0.3) is 0 Å². The molecule has 0 rings (SSSR count). The van der Waals surface area contributed by atoms with Gasteiger partial charge in [0.2, 0.25) is 0 Å². The highest BCUT2D eigenvalue weighted by atomic mass is 32.2. The number of quaternary nitrogens is 3. The van der Waals surface area contributed by atoms with E-state index >= 15 is 0 Å². The molecule has 0 aliphatic carbocycles. The van der Waals surface area contributed by atoms with Crippen molar-refractivity contribution < 1.29 is 23.2 Å². The van der Waals surface area contributed by atoms with Crippen LogP contribution in [0.5, 0.6) is 0 Å². The van der Waals surface area contributed by atoms with Gasteiger partial charge in [0.05, 0.1) is 10.1 Å². The summed E-state index contributed by atoms with van der Waals surface area (Å²) in [7, 11) is -3.92. The van der Waals surface area contributed by atoms with Gasteiger partial charge in [0.1, 0.15) is 0 Å². The Morgan fingerprint density at radius 1 is 0.929 bits per heavy atom. The Hall–Kier alpha value is -0.290. The molecule has 14 heavy (non-hydrogen) atoms. The number of hydrogen-bond donors (Lipinski definition) is 3. The molecule has 0 aliphatic heterocycles. The minimum absolute atomic E-state index is 0. The quantitative estimate of drug-likeness (QED) is 0.453. The lowest BCUT2D eigenvalue weighted by atomic mass is 10.9. The summed E-state index contributed by atoms with van der Waals surface area (Å²) >= 11 is 0. The predicted octanol–water partition coefficient (Wildman–Crippen LogP) is -0.977. The van der Waals surface area contributed by atoms with Crippen molar-refractivity contribution in [2.45, 2.75) is 13.8 Å². The molecule has 0 saturated carbocycles. The van der Waals surface area contributed by atoms with Crippen LogP contribution in [0.1, 0.15) is 13.8 Å². The van der Waals surface area contributed by atoms with Crippen LogP contribution in [0.2, 0.25) is 0 Å². The topological polar surface area (TPSA) is 213 Å². The molecule has 0 aromatic heterocycles. The Labute approximate surface area is 85.8 Å². The summed E-state index contributed by atoms with van der Waals surface area (Å²) in [5.74, 6) is 0. The highest BCUT2D eigenvalue weighted by molar-refractivity contribution is 7.84. The van der Waals surface area contributed by atoms with Crippen LogP contribution in [0.15, 0.2) is 0 Å². The summed E-state index contributed by atoms with van der Waals surface area (Å²) in [6, 6.07) is 0. The molecule has 0 amide bonds. The summed E-state index contributed by atoms with van der Waals surface area (Å²) in [4.78, 5) is 0. The van der Waals surface area contributed by atoms with E-state index < -0.39 is 10.1 Å². The second-order valence-corrected chi connectivity index (χ2v) is 2.69. The minimum atomic E-state index is -3.92. The molecule has 0 fully saturated rings. The lowest BCUT2D eigenvalue weighted by Gasteiger charge is -1.90. The van der Waals surface area contributed by atoms with Crippen molar-refractivity contribution in [3.8, 4) is 0 Å². The maximum absolute atomic E-state index is 9.08. The van der Waals surface area contributed by atoms with Crippen LogP contribution in [0.3, 0.4) is 0 Å². The third kappa shape index (κ3) is 16000. The normalized spacial score (nSPS) is 6.71. The first-order chi connectivity index (χ1) is 4.83. The first kappa shape index (κ1) is 37.3. The van der Waals surface area contributed by atoms with Crippen molar-refractivity contribution >= 4 is 10.1 Å².